The van der Waals surface area contributed by atoms with Crippen molar-refractivity contribution in [3.63, 3.8) is 0 Å². The van der Waals surface area contributed by atoms with Gasteiger partial charge in [-0.2, -0.15) is 4.68 Å². The molecule has 0 bridgehead atoms. The molecule has 2 aromatic carbocycles. The third kappa shape index (κ3) is 3.01. The van der Waals surface area contributed by atoms with Crippen LogP contribution in [0.2, 0.25) is 0 Å². The van der Waals surface area contributed by atoms with Crippen LogP contribution in [0.15, 0.2) is 65.5 Å². The monoisotopic (exact) mass is 322 g/mol. The SMILES string of the molecule is CCOC(=O)n1c2ccccc2c(=O)n1CC=Cc1ccccc1. The fraction of sp³-hybridized carbons (Fsp3) is 0.158. The van der Waals surface area contributed by atoms with Crippen LogP contribution in [0.1, 0.15) is 12.5 Å². The Morgan fingerprint density at radius 2 is 1.79 bits per heavy atom. The van der Waals surface area contributed by atoms with Crippen LogP contribution in [0, 0.1) is 0 Å². The topological polar surface area (TPSA) is 53.2 Å². The molecule has 3 rings (SSSR count). The lowest BCUT2D eigenvalue weighted by molar-refractivity contribution is 0.147. The molecule has 122 valence electrons. The maximum atomic E-state index is 12.6. The maximum absolute atomic E-state index is 12.6. The molecule has 5 heteroatoms. The highest BCUT2D eigenvalue weighted by Crippen LogP contribution is 2.12. The van der Waals surface area contributed by atoms with Crippen molar-refractivity contribution in [1.29, 1.82) is 0 Å². The molecule has 0 saturated heterocycles. The van der Waals surface area contributed by atoms with Crippen molar-refractivity contribution >= 4 is 23.1 Å². The molecule has 1 heterocycles. The molecule has 0 aliphatic rings. The lowest BCUT2D eigenvalue weighted by Crippen LogP contribution is -2.28. The number of benzene rings is 2. The molecule has 5 nitrogen and oxygen atoms in total. The van der Waals surface area contributed by atoms with Gasteiger partial charge in [0.2, 0.25) is 0 Å². The van der Waals surface area contributed by atoms with Gasteiger partial charge in [0.15, 0.2) is 0 Å². The van der Waals surface area contributed by atoms with E-state index in [1.165, 1.54) is 9.36 Å². The summed E-state index contributed by atoms with van der Waals surface area (Å²) in [6.45, 7) is 2.27. The van der Waals surface area contributed by atoms with Crippen LogP contribution < -0.4 is 5.56 Å². The molecule has 0 aliphatic carbocycles. The van der Waals surface area contributed by atoms with E-state index < -0.39 is 6.09 Å². The zero-order valence-corrected chi connectivity index (χ0v) is 13.4. The molecule has 3 aromatic rings. The van der Waals surface area contributed by atoms with Crippen LogP contribution in [0.4, 0.5) is 4.79 Å². The zero-order chi connectivity index (χ0) is 16.9. The Morgan fingerprint density at radius 1 is 1.08 bits per heavy atom. The fourth-order valence-corrected chi connectivity index (χ4v) is 2.60. The van der Waals surface area contributed by atoms with Crippen LogP contribution in [0.3, 0.4) is 0 Å². The summed E-state index contributed by atoms with van der Waals surface area (Å²) < 4.78 is 7.79. The second-order valence-corrected chi connectivity index (χ2v) is 5.23. The normalized spacial score (nSPS) is 11.2. The number of rotatable bonds is 4. The number of ether oxygens (including phenoxy) is 1. The molecule has 0 fully saturated rings. The summed E-state index contributed by atoms with van der Waals surface area (Å²) in [4.78, 5) is 24.9. The lowest BCUT2D eigenvalue weighted by atomic mass is 10.2. The number of para-hydroxylation sites is 1. The molecule has 0 aliphatic heterocycles. The van der Waals surface area contributed by atoms with Gasteiger partial charge in [-0.25, -0.2) is 9.48 Å². The number of carbonyl (C=O) groups excluding carboxylic acids is 1. The van der Waals surface area contributed by atoms with E-state index in [1.54, 1.807) is 31.2 Å². The second kappa shape index (κ2) is 7.00. The highest BCUT2D eigenvalue weighted by Gasteiger charge is 2.18. The largest absolute Gasteiger partial charge is 0.448 e. The summed E-state index contributed by atoms with van der Waals surface area (Å²) >= 11 is 0. The first-order chi connectivity index (χ1) is 11.7. The van der Waals surface area contributed by atoms with Gasteiger partial charge in [-0.3, -0.25) is 4.79 Å². The molecule has 0 radical (unpaired) electrons. The van der Waals surface area contributed by atoms with Crippen molar-refractivity contribution in [3.8, 4) is 0 Å². The van der Waals surface area contributed by atoms with Crippen molar-refractivity contribution in [2.24, 2.45) is 0 Å². The molecule has 24 heavy (non-hydrogen) atoms. The minimum atomic E-state index is -0.552. The Hall–Kier alpha value is -3.08. The highest BCUT2D eigenvalue weighted by molar-refractivity contribution is 5.87. The van der Waals surface area contributed by atoms with Crippen molar-refractivity contribution < 1.29 is 9.53 Å². The minimum absolute atomic E-state index is 0.212. The van der Waals surface area contributed by atoms with E-state index in [0.29, 0.717) is 10.9 Å². The molecular weight excluding hydrogens is 304 g/mol. The Balaban J connectivity index is 2.01. The summed E-state index contributed by atoms with van der Waals surface area (Å²) in [7, 11) is 0. The predicted molar refractivity (Wildman–Crippen MR) is 94.1 cm³/mol. The van der Waals surface area contributed by atoms with Gasteiger partial charge in [0.05, 0.1) is 24.1 Å². The quantitative estimate of drug-likeness (QED) is 0.738. The van der Waals surface area contributed by atoms with Crippen LogP contribution in [0.25, 0.3) is 17.0 Å². The smallest absolute Gasteiger partial charge is 0.433 e. The van der Waals surface area contributed by atoms with Gasteiger partial charge < -0.3 is 4.74 Å². The third-order valence-corrected chi connectivity index (χ3v) is 3.67. The number of aromatic nitrogens is 2. The van der Waals surface area contributed by atoms with Crippen LogP contribution in [0.5, 0.6) is 0 Å². The summed E-state index contributed by atoms with van der Waals surface area (Å²) in [5.41, 5.74) is 1.37. The molecule has 0 atom stereocenters. The molecule has 0 spiro atoms. The molecule has 0 saturated carbocycles. The van der Waals surface area contributed by atoms with Gasteiger partial charge in [-0.05, 0) is 24.6 Å². The average Bonchev–Trinajstić information content (AvgIpc) is 2.89. The highest BCUT2D eigenvalue weighted by atomic mass is 16.6. The number of hydrogen-bond donors (Lipinski definition) is 0. The van der Waals surface area contributed by atoms with Gasteiger partial charge in [0, 0.05) is 0 Å². The fourth-order valence-electron chi connectivity index (χ4n) is 2.60. The van der Waals surface area contributed by atoms with Crippen molar-refractivity contribution in [1.82, 2.24) is 9.36 Å². The van der Waals surface area contributed by atoms with Gasteiger partial charge >= 0.3 is 6.09 Å². The van der Waals surface area contributed by atoms with E-state index in [4.69, 9.17) is 4.74 Å². The number of allylic oxidation sites excluding steroid dienone is 1. The second-order valence-electron chi connectivity index (χ2n) is 5.23. The van der Waals surface area contributed by atoms with Crippen LogP contribution in [-0.2, 0) is 11.3 Å². The Kier molecular flexibility index (Phi) is 4.61. The van der Waals surface area contributed by atoms with Gasteiger partial charge in [-0.15, -0.1) is 0 Å². The molecule has 0 unspecified atom stereocenters. The van der Waals surface area contributed by atoms with E-state index in [2.05, 4.69) is 0 Å². The van der Waals surface area contributed by atoms with Gasteiger partial charge in [-0.1, -0.05) is 54.6 Å². The number of nitrogens with zero attached hydrogens (tertiary/aromatic N) is 2. The molecule has 1 aromatic heterocycles. The first-order valence-corrected chi connectivity index (χ1v) is 7.81. The first kappa shape index (κ1) is 15.8. The predicted octanol–water partition coefficient (Wildman–Crippen LogP) is 3.52. The number of hydrogen-bond acceptors (Lipinski definition) is 3. The maximum Gasteiger partial charge on any atom is 0.433 e. The standard InChI is InChI=1S/C19H18N2O3/c1-2-24-19(23)21-17-13-7-6-12-16(17)18(22)20(21)14-8-11-15-9-4-3-5-10-15/h3-13H,2,14H2,1H3. The van der Waals surface area contributed by atoms with Crippen molar-refractivity contribution in [2.45, 2.75) is 13.5 Å². The zero-order valence-electron chi connectivity index (χ0n) is 13.4. The number of carbonyl (C=O) groups is 1. The van der Waals surface area contributed by atoms with E-state index in [-0.39, 0.29) is 18.7 Å². The molecule has 0 N–H and O–H groups in total. The van der Waals surface area contributed by atoms with Crippen molar-refractivity contribution in [3.05, 3.63) is 76.6 Å². The summed E-state index contributed by atoms with van der Waals surface area (Å²) in [5, 5.41) is 0.499. The van der Waals surface area contributed by atoms with E-state index in [1.807, 2.05) is 42.5 Å². The molecular formula is C19H18N2O3. The van der Waals surface area contributed by atoms with Crippen LogP contribution in [-0.4, -0.2) is 22.1 Å². The summed E-state index contributed by atoms with van der Waals surface area (Å²) in [6.07, 6.45) is 3.22. The van der Waals surface area contributed by atoms with Gasteiger partial charge in [0.25, 0.3) is 5.56 Å². The minimum Gasteiger partial charge on any atom is -0.448 e. The van der Waals surface area contributed by atoms with E-state index in [0.717, 1.165) is 5.56 Å². The Labute approximate surface area is 139 Å². The summed E-state index contributed by atoms with van der Waals surface area (Å²) in [5.74, 6) is 0. The Bertz CT molecular complexity index is 936. The van der Waals surface area contributed by atoms with Crippen molar-refractivity contribution in [2.75, 3.05) is 6.61 Å². The Morgan fingerprint density at radius 3 is 2.54 bits per heavy atom. The summed E-state index contributed by atoms with van der Waals surface area (Å²) in [6, 6.07) is 16.8. The first-order valence-electron chi connectivity index (χ1n) is 7.81. The van der Waals surface area contributed by atoms with Gasteiger partial charge in [0.1, 0.15) is 0 Å². The average molecular weight is 322 g/mol. The molecule has 0 amide bonds. The van der Waals surface area contributed by atoms with Crippen LogP contribution >= 0.6 is 0 Å². The van der Waals surface area contributed by atoms with E-state index in [9.17, 15) is 9.59 Å². The van der Waals surface area contributed by atoms with E-state index >= 15 is 0 Å². The number of fused-ring (bicyclic) bond motifs is 1. The third-order valence-electron chi connectivity index (χ3n) is 3.67. The lowest BCUT2D eigenvalue weighted by Gasteiger charge is -2.09.